The van der Waals surface area contributed by atoms with Crippen LogP contribution in [0.1, 0.15) is 26.2 Å². The molecule has 1 saturated heterocycles. The van der Waals surface area contributed by atoms with E-state index < -0.39 is 0 Å². The Bertz CT molecular complexity index is 154. The molecule has 1 aliphatic heterocycles. The first-order chi connectivity index (χ1) is 6.77. The Morgan fingerprint density at radius 3 is 2.86 bits per heavy atom. The summed E-state index contributed by atoms with van der Waals surface area (Å²) < 4.78 is 5.47. The number of ether oxygens (including phenoxy) is 1. The Labute approximate surface area is 92.6 Å². The minimum atomic E-state index is 0.430. The first-order valence-electron chi connectivity index (χ1n) is 5.59. The first-order valence-corrected chi connectivity index (χ1v) is 6.12. The molecule has 1 aliphatic rings. The van der Waals surface area contributed by atoms with Gasteiger partial charge in [-0.2, -0.15) is 0 Å². The maximum Gasteiger partial charge on any atom is 0.0724 e. The summed E-state index contributed by atoms with van der Waals surface area (Å²) >= 11 is 5.66. The molecule has 0 aliphatic carbocycles. The molecule has 2 atom stereocenters. The van der Waals surface area contributed by atoms with Crippen molar-refractivity contribution in [2.45, 2.75) is 32.3 Å². The summed E-state index contributed by atoms with van der Waals surface area (Å²) in [5.74, 6) is 1.50. The zero-order valence-electron chi connectivity index (χ0n) is 9.34. The van der Waals surface area contributed by atoms with Gasteiger partial charge in [0.25, 0.3) is 0 Å². The summed E-state index contributed by atoms with van der Waals surface area (Å²) in [4.78, 5) is 2.50. The summed E-state index contributed by atoms with van der Waals surface area (Å²) in [6.07, 6.45) is 4.04. The highest BCUT2D eigenvalue weighted by atomic mass is 35.5. The van der Waals surface area contributed by atoms with Crippen molar-refractivity contribution < 1.29 is 4.74 Å². The molecule has 0 bridgehead atoms. The van der Waals surface area contributed by atoms with Gasteiger partial charge in [0.1, 0.15) is 0 Å². The van der Waals surface area contributed by atoms with Gasteiger partial charge in [0.05, 0.1) is 6.10 Å². The van der Waals surface area contributed by atoms with E-state index in [9.17, 15) is 0 Å². The van der Waals surface area contributed by atoms with E-state index in [1.807, 2.05) is 7.11 Å². The highest BCUT2D eigenvalue weighted by Gasteiger charge is 2.25. The number of methoxy groups -OCH3 is 1. The molecule has 0 aromatic carbocycles. The van der Waals surface area contributed by atoms with E-state index in [2.05, 4.69) is 11.8 Å². The van der Waals surface area contributed by atoms with Crippen LogP contribution in [0, 0.1) is 5.92 Å². The Kier molecular flexibility index (Phi) is 5.83. The highest BCUT2D eigenvalue weighted by Crippen LogP contribution is 2.19. The second-order valence-corrected chi connectivity index (χ2v) is 4.61. The molecule has 0 amide bonds. The average Bonchev–Trinajstić information content (AvgIpc) is 2.21. The van der Waals surface area contributed by atoms with Crippen LogP contribution in [0.4, 0.5) is 0 Å². The summed E-state index contributed by atoms with van der Waals surface area (Å²) in [5.41, 5.74) is 0. The lowest BCUT2D eigenvalue weighted by Gasteiger charge is -2.36. The summed E-state index contributed by atoms with van der Waals surface area (Å²) in [5, 5.41) is 0. The van der Waals surface area contributed by atoms with Gasteiger partial charge in [-0.25, -0.2) is 0 Å². The SMILES string of the molecule is COC1CN(CCCCCl)CCC1C. The summed E-state index contributed by atoms with van der Waals surface area (Å²) in [6, 6.07) is 0. The van der Waals surface area contributed by atoms with E-state index in [1.54, 1.807) is 0 Å². The summed E-state index contributed by atoms with van der Waals surface area (Å²) in [7, 11) is 1.82. The van der Waals surface area contributed by atoms with Crippen molar-refractivity contribution in [1.29, 1.82) is 0 Å². The maximum atomic E-state index is 5.66. The van der Waals surface area contributed by atoms with Crippen molar-refractivity contribution in [3.63, 3.8) is 0 Å². The number of hydrogen-bond donors (Lipinski definition) is 0. The fourth-order valence-electron chi connectivity index (χ4n) is 2.04. The number of alkyl halides is 1. The molecular weight excluding hydrogens is 198 g/mol. The van der Waals surface area contributed by atoms with Crippen LogP contribution in [-0.2, 0) is 4.74 Å². The van der Waals surface area contributed by atoms with E-state index in [1.165, 1.54) is 25.9 Å². The third-order valence-corrected chi connectivity index (χ3v) is 3.40. The zero-order valence-corrected chi connectivity index (χ0v) is 10.1. The van der Waals surface area contributed by atoms with Gasteiger partial charge < -0.3 is 9.64 Å². The topological polar surface area (TPSA) is 12.5 Å². The van der Waals surface area contributed by atoms with E-state index in [0.717, 1.165) is 18.8 Å². The molecule has 0 aromatic heterocycles. The first kappa shape index (κ1) is 12.3. The predicted octanol–water partition coefficient (Wildman–Crippen LogP) is 2.36. The molecule has 1 heterocycles. The third kappa shape index (κ3) is 3.76. The molecule has 0 spiro atoms. The van der Waals surface area contributed by atoms with Gasteiger partial charge in [0.15, 0.2) is 0 Å². The second kappa shape index (κ2) is 6.65. The predicted molar refractivity (Wildman–Crippen MR) is 61.0 cm³/mol. The minimum Gasteiger partial charge on any atom is -0.380 e. The monoisotopic (exact) mass is 219 g/mol. The van der Waals surface area contributed by atoms with E-state index in [0.29, 0.717) is 12.0 Å². The largest absolute Gasteiger partial charge is 0.380 e. The maximum absolute atomic E-state index is 5.66. The molecule has 1 fully saturated rings. The minimum absolute atomic E-state index is 0.430. The van der Waals surface area contributed by atoms with Crippen molar-refractivity contribution in [3.8, 4) is 0 Å². The van der Waals surface area contributed by atoms with Crippen LogP contribution in [0.25, 0.3) is 0 Å². The van der Waals surface area contributed by atoms with Crippen molar-refractivity contribution in [1.82, 2.24) is 4.90 Å². The van der Waals surface area contributed by atoms with Crippen LogP contribution in [0.15, 0.2) is 0 Å². The van der Waals surface area contributed by atoms with Crippen molar-refractivity contribution in [2.24, 2.45) is 5.92 Å². The lowest BCUT2D eigenvalue weighted by molar-refractivity contribution is -0.00512. The molecule has 2 unspecified atom stereocenters. The third-order valence-electron chi connectivity index (χ3n) is 3.13. The second-order valence-electron chi connectivity index (χ2n) is 4.24. The number of rotatable bonds is 5. The molecule has 0 N–H and O–H groups in total. The molecule has 2 nitrogen and oxygen atoms in total. The van der Waals surface area contributed by atoms with Gasteiger partial charge in [-0.15, -0.1) is 11.6 Å². The van der Waals surface area contributed by atoms with Crippen molar-refractivity contribution >= 4 is 11.6 Å². The lowest BCUT2D eigenvalue weighted by Crippen LogP contribution is -2.44. The highest BCUT2D eigenvalue weighted by molar-refractivity contribution is 6.17. The molecular formula is C11H22ClNO. The molecule has 3 heteroatoms. The van der Waals surface area contributed by atoms with Crippen LogP contribution in [0.5, 0.6) is 0 Å². The lowest BCUT2D eigenvalue weighted by atomic mass is 9.96. The number of piperidine rings is 1. The van der Waals surface area contributed by atoms with Crippen LogP contribution < -0.4 is 0 Å². The number of nitrogens with zero attached hydrogens (tertiary/aromatic N) is 1. The van der Waals surface area contributed by atoms with E-state index in [-0.39, 0.29) is 0 Å². The van der Waals surface area contributed by atoms with Crippen LogP contribution in [-0.4, -0.2) is 43.6 Å². The molecule has 0 radical (unpaired) electrons. The van der Waals surface area contributed by atoms with Gasteiger partial charge in [-0.1, -0.05) is 6.92 Å². The van der Waals surface area contributed by atoms with Gasteiger partial charge >= 0.3 is 0 Å². The van der Waals surface area contributed by atoms with Crippen molar-refractivity contribution in [3.05, 3.63) is 0 Å². The number of likely N-dealkylation sites (tertiary alicyclic amines) is 1. The van der Waals surface area contributed by atoms with Crippen LogP contribution >= 0.6 is 11.6 Å². The molecule has 0 saturated carbocycles. The molecule has 84 valence electrons. The van der Waals surface area contributed by atoms with E-state index in [4.69, 9.17) is 16.3 Å². The van der Waals surface area contributed by atoms with Gasteiger partial charge in [-0.3, -0.25) is 0 Å². The standard InChI is InChI=1S/C11H22ClNO/c1-10-5-8-13(7-4-3-6-12)9-11(10)14-2/h10-11H,3-9H2,1-2H3. The number of hydrogen-bond acceptors (Lipinski definition) is 2. The Morgan fingerprint density at radius 1 is 1.43 bits per heavy atom. The Morgan fingerprint density at radius 2 is 2.21 bits per heavy atom. The van der Waals surface area contributed by atoms with E-state index >= 15 is 0 Å². The quantitative estimate of drug-likeness (QED) is 0.520. The molecule has 1 rings (SSSR count). The van der Waals surface area contributed by atoms with Gasteiger partial charge in [0, 0.05) is 19.5 Å². The van der Waals surface area contributed by atoms with Crippen LogP contribution in [0.2, 0.25) is 0 Å². The van der Waals surface area contributed by atoms with Crippen molar-refractivity contribution in [2.75, 3.05) is 32.6 Å². The van der Waals surface area contributed by atoms with Gasteiger partial charge in [-0.05, 0) is 38.3 Å². The Balaban J connectivity index is 2.21. The number of unbranched alkanes of at least 4 members (excludes halogenated alkanes) is 1. The fraction of sp³-hybridized carbons (Fsp3) is 1.00. The fourth-order valence-corrected chi connectivity index (χ4v) is 2.23. The molecule has 0 aromatic rings. The van der Waals surface area contributed by atoms with Crippen LogP contribution in [0.3, 0.4) is 0 Å². The van der Waals surface area contributed by atoms with Gasteiger partial charge in [0.2, 0.25) is 0 Å². The average molecular weight is 220 g/mol. The normalized spacial score (nSPS) is 29.4. The zero-order chi connectivity index (χ0) is 10.4. The number of halogens is 1. The summed E-state index contributed by atoms with van der Waals surface area (Å²) in [6.45, 7) is 5.78. The smallest absolute Gasteiger partial charge is 0.0724 e. The Hall–Kier alpha value is 0.210. The molecule has 14 heavy (non-hydrogen) atoms.